The SMILES string of the molecule is CCCCN(CCCC)c1ccc([C](C)c2ccccc2)cc1. The molecule has 0 heterocycles. The number of benzene rings is 2. The van der Waals surface area contributed by atoms with Gasteiger partial charge in [0.15, 0.2) is 0 Å². The van der Waals surface area contributed by atoms with E-state index >= 15 is 0 Å². The smallest absolute Gasteiger partial charge is 0.0366 e. The molecule has 0 fully saturated rings. The first-order chi connectivity index (χ1) is 11.3. The highest BCUT2D eigenvalue weighted by Crippen LogP contribution is 2.25. The van der Waals surface area contributed by atoms with Gasteiger partial charge < -0.3 is 4.90 Å². The minimum Gasteiger partial charge on any atom is -0.372 e. The minimum atomic E-state index is 1.16. The van der Waals surface area contributed by atoms with Crippen molar-refractivity contribution in [3.8, 4) is 0 Å². The van der Waals surface area contributed by atoms with E-state index in [9.17, 15) is 0 Å². The molecule has 0 aromatic heterocycles. The molecule has 2 rings (SSSR count). The third kappa shape index (κ3) is 5.13. The van der Waals surface area contributed by atoms with E-state index in [1.807, 2.05) is 0 Å². The molecule has 0 aliphatic carbocycles. The lowest BCUT2D eigenvalue weighted by Crippen LogP contribution is -2.25. The summed E-state index contributed by atoms with van der Waals surface area (Å²) in [6.07, 6.45) is 5.03. The lowest BCUT2D eigenvalue weighted by Gasteiger charge is -2.25. The number of nitrogens with zero attached hydrogens (tertiary/aromatic N) is 1. The van der Waals surface area contributed by atoms with Crippen molar-refractivity contribution in [2.45, 2.75) is 46.5 Å². The van der Waals surface area contributed by atoms with Crippen molar-refractivity contribution in [1.29, 1.82) is 0 Å². The maximum atomic E-state index is 2.54. The summed E-state index contributed by atoms with van der Waals surface area (Å²) < 4.78 is 0. The van der Waals surface area contributed by atoms with Gasteiger partial charge in [0, 0.05) is 24.7 Å². The molecule has 0 bridgehead atoms. The van der Waals surface area contributed by atoms with Crippen molar-refractivity contribution in [1.82, 2.24) is 0 Å². The Morgan fingerprint density at radius 1 is 0.739 bits per heavy atom. The van der Waals surface area contributed by atoms with Crippen LogP contribution in [0.5, 0.6) is 0 Å². The molecule has 2 aromatic rings. The van der Waals surface area contributed by atoms with Crippen LogP contribution < -0.4 is 4.90 Å². The van der Waals surface area contributed by atoms with Gasteiger partial charge in [0.1, 0.15) is 0 Å². The molecule has 0 unspecified atom stereocenters. The number of unbranched alkanes of at least 4 members (excludes halogenated alkanes) is 2. The Balaban J connectivity index is 2.09. The fraction of sp³-hybridized carbons (Fsp3) is 0.409. The Morgan fingerprint density at radius 3 is 1.78 bits per heavy atom. The molecule has 1 nitrogen and oxygen atoms in total. The van der Waals surface area contributed by atoms with Crippen molar-refractivity contribution in [2.24, 2.45) is 0 Å². The Hall–Kier alpha value is -1.76. The minimum absolute atomic E-state index is 1.16. The normalized spacial score (nSPS) is 11.0. The summed E-state index contributed by atoms with van der Waals surface area (Å²) in [4.78, 5) is 2.54. The third-order valence-electron chi connectivity index (χ3n) is 4.44. The Kier molecular flexibility index (Phi) is 7.19. The molecule has 0 amide bonds. The van der Waals surface area contributed by atoms with Gasteiger partial charge in [-0.25, -0.2) is 0 Å². The molecule has 0 aliphatic rings. The van der Waals surface area contributed by atoms with Gasteiger partial charge in [-0.2, -0.15) is 0 Å². The third-order valence-corrected chi connectivity index (χ3v) is 4.44. The van der Waals surface area contributed by atoms with E-state index in [1.165, 1.54) is 48.4 Å². The van der Waals surface area contributed by atoms with Crippen LogP contribution in [0.15, 0.2) is 54.6 Å². The zero-order valence-corrected chi connectivity index (χ0v) is 14.9. The quantitative estimate of drug-likeness (QED) is 0.542. The van der Waals surface area contributed by atoms with Gasteiger partial charge in [-0.1, -0.05) is 76.1 Å². The van der Waals surface area contributed by atoms with Gasteiger partial charge in [0.25, 0.3) is 0 Å². The van der Waals surface area contributed by atoms with Gasteiger partial charge in [0.2, 0.25) is 0 Å². The summed E-state index contributed by atoms with van der Waals surface area (Å²) in [5, 5.41) is 0. The molecule has 0 aliphatic heterocycles. The van der Waals surface area contributed by atoms with E-state index in [2.05, 4.69) is 80.3 Å². The highest BCUT2D eigenvalue weighted by Gasteiger charge is 2.10. The van der Waals surface area contributed by atoms with E-state index in [0.717, 1.165) is 13.1 Å². The van der Waals surface area contributed by atoms with Gasteiger partial charge in [0.05, 0.1) is 0 Å². The van der Waals surface area contributed by atoms with Crippen LogP contribution in [-0.2, 0) is 0 Å². The molecule has 23 heavy (non-hydrogen) atoms. The summed E-state index contributed by atoms with van der Waals surface area (Å²) >= 11 is 0. The van der Waals surface area contributed by atoms with Crippen molar-refractivity contribution in [3.63, 3.8) is 0 Å². The molecule has 1 radical (unpaired) electrons. The summed E-state index contributed by atoms with van der Waals surface area (Å²) in [7, 11) is 0. The van der Waals surface area contributed by atoms with Gasteiger partial charge in [-0.15, -0.1) is 0 Å². The maximum Gasteiger partial charge on any atom is 0.0366 e. The lowest BCUT2D eigenvalue weighted by molar-refractivity contribution is 0.678. The van der Waals surface area contributed by atoms with Crippen LogP contribution in [0, 0.1) is 5.92 Å². The van der Waals surface area contributed by atoms with Crippen molar-refractivity contribution in [3.05, 3.63) is 71.6 Å². The Bertz CT molecular complexity index is 536. The summed E-state index contributed by atoms with van der Waals surface area (Å²) in [6.45, 7) is 9.06. The summed E-state index contributed by atoms with van der Waals surface area (Å²) in [5.74, 6) is 1.34. The Morgan fingerprint density at radius 2 is 1.26 bits per heavy atom. The molecule has 0 spiro atoms. The zero-order valence-electron chi connectivity index (χ0n) is 14.9. The maximum absolute atomic E-state index is 2.54. The molecule has 0 N–H and O–H groups in total. The number of anilines is 1. The standard InChI is InChI=1S/C22H30N/c1-4-6-17-23(18-7-5-2)22-15-13-21(14-16-22)19(3)20-11-9-8-10-12-20/h8-16H,4-7,17-18H2,1-3H3. The first-order valence-corrected chi connectivity index (χ1v) is 9.00. The molecule has 1 heteroatoms. The second-order valence-electron chi connectivity index (χ2n) is 6.23. The van der Waals surface area contributed by atoms with Crippen molar-refractivity contribution < 1.29 is 0 Å². The van der Waals surface area contributed by atoms with E-state index in [4.69, 9.17) is 0 Å². The number of hydrogen-bond acceptors (Lipinski definition) is 1. The van der Waals surface area contributed by atoms with Crippen LogP contribution in [0.2, 0.25) is 0 Å². The van der Waals surface area contributed by atoms with E-state index in [-0.39, 0.29) is 0 Å². The zero-order chi connectivity index (χ0) is 16.5. The first kappa shape index (κ1) is 17.6. The fourth-order valence-electron chi connectivity index (χ4n) is 2.85. The molecule has 0 atom stereocenters. The molecule has 123 valence electrons. The van der Waals surface area contributed by atoms with Crippen molar-refractivity contribution >= 4 is 5.69 Å². The average molecular weight is 308 g/mol. The first-order valence-electron chi connectivity index (χ1n) is 9.00. The lowest BCUT2D eigenvalue weighted by atomic mass is 9.93. The van der Waals surface area contributed by atoms with Crippen LogP contribution in [-0.4, -0.2) is 13.1 Å². The van der Waals surface area contributed by atoms with E-state index in [0.29, 0.717) is 0 Å². The molecule has 2 aromatic carbocycles. The highest BCUT2D eigenvalue weighted by atomic mass is 15.1. The monoisotopic (exact) mass is 308 g/mol. The topological polar surface area (TPSA) is 3.24 Å². The van der Waals surface area contributed by atoms with Crippen LogP contribution in [0.4, 0.5) is 5.69 Å². The second kappa shape index (κ2) is 9.39. The van der Waals surface area contributed by atoms with Gasteiger partial charge in [-0.05, 0) is 36.1 Å². The molecule has 0 saturated carbocycles. The van der Waals surface area contributed by atoms with E-state index in [1.54, 1.807) is 0 Å². The summed E-state index contributed by atoms with van der Waals surface area (Å²) in [5.41, 5.74) is 3.97. The average Bonchev–Trinajstić information content (AvgIpc) is 2.62. The molecular weight excluding hydrogens is 278 g/mol. The fourth-order valence-corrected chi connectivity index (χ4v) is 2.85. The largest absolute Gasteiger partial charge is 0.372 e. The molecule has 0 saturated heterocycles. The van der Waals surface area contributed by atoms with Crippen LogP contribution >= 0.6 is 0 Å². The van der Waals surface area contributed by atoms with Crippen LogP contribution in [0.1, 0.15) is 57.6 Å². The van der Waals surface area contributed by atoms with Gasteiger partial charge >= 0.3 is 0 Å². The van der Waals surface area contributed by atoms with E-state index < -0.39 is 0 Å². The predicted octanol–water partition coefficient (Wildman–Crippen LogP) is 6.08. The van der Waals surface area contributed by atoms with Crippen molar-refractivity contribution in [2.75, 3.05) is 18.0 Å². The molecular formula is C22H30N. The van der Waals surface area contributed by atoms with Gasteiger partial charge in [-0.3, -0.25) is 0 Å². The Labute approximate surface area is 142 Å². The highest BCUT2D eigenvalue weighted by molar-refractivity contribution is 5.52. The number of rotatable bonds is 9. The van der Waals surface area contributed by atoms with Crippen LogP contribution in [0.3, 0.4) is 0 Å². The summed E-state index contributed by atoms with van der Waals surface area (Å²) in [6, 6.07) is 19.7. The second-order valence-corrected chi connectivity index (χ2v) is 6.23. The van der Waals surface area contributed by atoms with Crippen LogP contribution in [0.25, 0.3) is 0 Å². The number of hydrogen-bond donors (Lipinski definition) is 0. The predicted molar refractivity (Wildman–Crippen MR) is 102 cm³/mol.